The molecule has 0 aromatic heterocycles. The van der Waals surface area contributed by atoms with Gasteiger partial charge < -0.3 is 40.9 Å². The second-order valence-corrected chi connectivity index (χ2v) is 15.7. The van der Waals surface area contributed by atoms with Crippen LogP contribution in [0.5, 0.6) is 5.75 Å². The molecule has 52 heavy (non-hydrogen) atoms. The van der Waals surface area contributed by atoms with E-state index in [2.05, 4.69) is 16.0 Å². The lowest BCUT2D eigenvalue weighted by Gasteiger charge is -2.37. The fourth-order valence-corrected chi connectivity index (χ4v) is 6.99. The van der Waals surface area contributed by atoms with Crippen LogP contribution in [0, 0.1) is 17.8 Å². The van der Waals surface area contributed by atoms with E-state index in [4.69, 9.17) is 0 Å². The smallest absolute Gasteiger partial charge is 0.245 e. The molecule has 2 saturated heterocycles. The van der Waals surface area contributed by atoms with Crippen molar-refractivity contribution in [2.45, 2.75) is 129 Å². The first-order valence-electron chi connectivity index (χ1n) is 18.5. The number of aliphatic hydroxyl groups excluding tert-OH is 1. The zero-order chi connectivity index (χ0) is 39.0. The van der Waals surface area contributed by atoms with Gasteiger partial charge in [0.2, 0.25) is 35.4 Å². The highest BCUT2D eigenvalue weighted by molar-refractivity contribution is 5.98. The molecule has 2 aliphatic heterocycles. The molecule has 0 unspecified atom stereocenters. The van der Waals surface area contributed by atoms with Crippen molar-refractivity contribution in [3.63, 3.8) is 0 Å². The number of aliphatic hydroxyl groups is 1. The maximum Gasteiger partial charge on any atom is 0.245 e. The van der Waals surface area contributed by atoms with E-state index in [1.807, 2.05) is 41.5 Å². The van der Waals surface area contributed by atoms with Crippen molar-refractivity contribution >= 4 is 35.4 Å². The molecule has 7 atom stereocenters. The van der Waals surface area contributed by atoms with Crippen molar-refractivity contribution in [2.24, 2.45) is 17.8 Å². The van der Waals surface area contributed by atoms with Crippen molar-refractivity contribution in [2.75, 3.05) is 20.6 Å². The van der Waals surface area contributed by atoms with Gasteiger partial charge in [0.15, 0.2) is 0 Å². The van der Waals surface area contributed by atoms with Crippen molar-refractivity contribution in [3.8, 4) is 5.75 Å². The van der Waals surface area contributed by atoms with E-state index in [9.17, 15) is 39.0 Å². The number of phenols is 1. The Balaban J connectivity index is 2.19. The van der Waals surface area contributed by atoms with E-state index < -0.39 is 77.8 Å². The number of benzene rings is 1. The van der Waals surface area contributed by atoms with E-state index in [0.29, 0.717) is 18.4 Å². The standard InChI is InChI=1S/C38H60N6O8/c1-21(2)17-27-36(50)42(8)30(19-23(5)6)34(48)41-32(24(7)45)35(49)40-28(18-22(3)4)37(51)44-16-10-11-29(44)38(52)43(9)31(33(47)39-27)20-25-12-14-26(46)15-13-25/h12-15,21-24,27-32,45-46H,10-11,16-20H2,1-9H3,(H,39,47)(H,40,49)(H,41,48)/t24-,27+,28+,29-,30-,31+,32+/m1/s1. The van der Waals surface area contributed by atoms with Crippen LogP contribution in [0.4, 0.5) is 0 Å². The van der Waals surface area contributed by atoms with Crippen molar-refractivity contribution in [1.29, 1.82) is 0 Å². The summed E-state index contributed by atoms with van der Waals surface area (Å²) in [5, 5.41) is 28.9. The summed E-state index contributed by atoms with van der Waals surface area (Å²) >= 11 is 0. The molecule has 2 aliphatic rings. The molecule has 14 heteroatoms. The van der Waals surface area contributed by atoms with Crippen molar-refractivity contribution in [3.05, 3.63) is 29.8 Å². The number of carbonyl (C=O) groups excluding carboxylic acids is 6. The molecule has 14 nitrogen and oxygen atoms in total. The van der Waals surface area contributed by atoms with Crippen molar-refractivity contribution in [1.82, 2.24) is 30.7 Å². The highest BCUT2D eigenvalue weighted by Crippen LogP contribution is 2.24. The van der Waals surface area contributed by atoms with Crippen molar-refractivity contribution < 1.29 is 39.0 Å². The fraction of sp³-hybridized carbons (Fsp3) is 0.684. The minimum atomic E-state index is -1.44. The number of hydrogen-bond donors (Lipinski definition) is 5. The molecule has 0 saturated carbocycles. The molecule has 1 aromatic carbocycles. The third-order valence-corrected chi connectivity index (χ3v) is 9.82. The van der Waals surface area contributed by atoms with Gasteiger partial charge in [-0.25, -0.2) is 0 Å². The number of likely N-dealkylation sites (N-methyl/N-ethyl adjacent to an activating group) is 2. The van der Waals surface area contributed by atoms with Crippen LogP contribution in [0.2, 0.25) is 0 Å². The summed E-state index contributed by atoms with van der Waals surface area (Å²) in [6.45, 7) is 13.0. The summed E-state index contributed by atoms with van der Waals surface area (Å²) < 4.78 is 0. The van der Waals surface area contributed by atoms with Crippen LogP contribution in [0.15, 0.2) is 24.3 Å². The zero-order valence-corrected chi connectivity index (χ0v) is 32.2. The number of rotatable bonds is 9. The largest absolute Gasteiger partial charge is 0.508 e. The van der Waals surface area contributed by atoms with Crippen LogP contribution in [0.25, 0.3) is 0 Å². The molecule has 0 bridgehead atoms. The van der Waals surface area contributed by atoms with Crippen LogP contribution in [0.3, 0.4) is 0 Å². The van der Waals surface area contributed by atoms with E-state index in [1.165, 1.54) is 47.9 Å². The molecule has 5 N–H and O–H groups in total. The number of amides is 6. The van der Waals surface area contributed by atoms with E-state index >= 15 is 0 Å². The number of phenolic OH excluding ortho intramolecular Hbond substituents is 1. The van der Waals surface area contributed by atoms with Gasteiger partial charge >= 0.3 is 0 Å². The number of aromatic hydroxyl groups is 1. The second-order valence-electron chi connectivity index (χ2n) is 15.7. The lowest BCUT2D eigenvalue weighted by atomic mass is 9.97. The SMILES string of the molecule is CC(C)C[C@@H]1NC(=O)[C@H](Cc2ccc(O)cc2)N(C)C(=O)[C@H]2CCCN2C(=O)[C@H](CC(C)C)NC(=O)[C@H]([C@@H](C)O)NC(=O)[C@@H](CC(C)C)N(C)C1=O. The maximum absolute atomic E-state index is 14.3. The Morgan fingerprint density at radius 3 is 1.71 bits per heavy atom. The van der Waals surface area contributed by atoms with Gasteiger partial charge in [0, 0.05) is 27.1 Å². The topological polar surface area (TPSA) is 189 Å². The van der Waals surface area contributed by atoms with Gasteiger partial charge in [0.25, 0.3) is 0 Å². The van der Waals surface area contributed by atoms with Crippen LogP contribution in [-0.2, 0) is 35.2 Å². The van der Waals surface area contributed by atoms with E-state index in [-0.39, 0.29) is 55.7 Å². The minimum Gasteiger partial charge on any atom is -0.508 e. The second kappa shape index (κ2) is 18.5. The average molecular weight is 729 g/mol. The maximum atomic E-state index is 14.3. The predicted octanol–water partition coefficient (Wildman–Crippen LogP) is 1.57. The molecular formula is C38H60N6O8. The molecule has 3 rings (SSSR count). The van der Waals surface area contributed by atoms with Gasteiger partial charge in [-0.1, -0.05) is 53.7 Å². The first-order chi connectivity index (χ1) is 24.3. The number of hydrogen-bond acceptors (Lipinski definition) is 8. The lowest BCUT2D eigenvalue weighted by molar-refractivity contribution is -0.150. The zero-order valence-electron chi connectivity index (χ0n) is 32.2. The Bertz CT molecular complexity index is 1430. The van der Waals surface area contributed by atoms with Crippen LogP contribution in [0.1, 0.15) is 86.1 Å². The number of nitrogens with one attached hydrogen (secondary N) is 3. The van der Waals surface area contributed by atoms with Gasteiger partial charge in [-0.3, -0.25) is 28.8 Å². The molecular weight excluding hydrogens is 668 g/mol. The third kappa shape index (κ3) is 10.9. The molecule has 290 valence electrons. The summed E-state index contributed by atoms with van der Waals surface area (Å²) in [5.74, 6) is -3.58. The minimum absolute atomic E-state index is 0.0379. The third-order valence-electron chi connectivity index (χ3n) is 9.82. The Morgan fingerprint density at radius 1 is 0.673 bits per heavy atom. The van der Waals surface area contributed by atoms with Gasteiger partial charge in [-0.15, -0.1) is 0 Å². The molecule has 2 fully saturated rings. The summed E-state index contributed by atoms with van der Waals surface area (Å²) in [7, 11) is 2.97. The number of nitrogens with zero attached hydrogens (tertiary/aromatic N) is 3. The van der Waals surface area contributed by atoms with Crippen LogP contribution >= 0.6 is 0 Å². The normalized spacial score (nSPS) is 26.7. The molecule has 0 aliphatic carbocycles. The Morgan fingerprint density at radius 2 is 1.17 bits per heavy atom. The van der Waals surface area contributed by atoms with Gasteiger partial charge in [0.05, 0.1) is 6.10 Å². The Hall–Kier alpha value is -4.20. The average Bonchev–Trinajstić information content (AvgIpc) is 3.56. The summed E-state index contributed by atoms with van der Waals surface area (Å²) in [6.07, 6.45) is 0.249. The van der Waals surface area contributed by atoms with E-state index in [1.54, 1.807) is 12.1 Å². The summed E-state index contributed by atoms with van der Waals surface area (Å²) in [5.41, 5.74) is 0.656. The summed E-state index contributed by atoms with van der Waals surface area (Å²) in [6, 6.07) is -0.390. The van der Waals surface area contributed by atoms with Gasteiger partial charge in [-0.2, -0.15) is 0 Å². The van der Waals surface area contributed by atoms with Crippen LogP contribution in [-0.4, -0.2) is 123 Å². The molecule has 6 amide bonds. The number of fused-ring (bicyclic) bond motifs is 1. The predicted molar refractivity (Wildman–Crippen MR) is 195 cm³/mol. The highest BCUT2D eigenvalue weighted by atomic mass is 16.3. The summed E-state index contributed by atoms with van der Waals surface area (Å²) in [4.78, 5) is 88.9. The van der Waals surface area contributed by atoms with E-state index in [0.717, 1.165) is 0 Å². The van der Waals surface area contributed by atoms with Crippen LogP contribution < -0.4 is 16.0 Å². The monoisotopic (exact) mass is 728 g/mol. The van der Waals surface area contributed by atoms with Gasteiger partial charge in [-0.05, 0) is 74.5 Å². The number of carbonyl (C=O) groups is 6. The quantitative estimate of drug-likeness (QED) is 0.253. The molecule has 2 heterocycles. The molecule has 0 spiro atoms. The first kappa shape index (κ1) is 42.2. The van der Waals surface area contributed by atoms with Gasteiger partial charge in [0.1, 0.15) is 42.0 Å². The Labute approximate surface area is 308 Å². The Kier molecular flexibility index (Phi) is 15.0. The molecule has 0 radical (unpaired) electrons. The highest BCUT2D eigenvalue weighted by Gasteiger charge is 2.43. The molecule has 1 aromatic rings. The first-order valence-corrected chi connectivity index (χ1v) is 18.5. The lowest BCUT2D eigenvalue weighted by Crippen LogP contribution is -2.63. The fourth-order valence-electron chi connectivity index (χ4n) is 6.99.